The van der Waals surface area contributed by atoms with Gasteiger partial charge in [0.1, 0.15) is 5.75 Å². The molecule has 2 aromatic carbocycles. The van der Waals surface area contributed by atoms with E-state index in [0.29, 0.717) is 5.75 Å². The van der Waals surface area contributed by atoms with E-state index in [9.17, 15) is 10.1 Å². The number of nitro benzene ring substituents is 1. The van der Waals surface area contributed by atoms with Gasteiger partial charge in [-0.2, -0.15) is 0 Å². The fraction of sp³-hybridized carbons (Fsp3) is 0.143. The highest BCUT2D eigenvalue weighted by Crippen LogP contribution is 2.38. The molecule has 0 aromatic heterocycles. The smallest absolute Gasteiger partial charge is 0.313 e. The third-order valence-electron chi connectivity index (χ3n) is 2.75. The fourth-order valence-electron chi connectivity index (χ4n) is 1.76. The van der Waals surface area contributed by atoms with Crippen molar-refractivity contribution in [2.75, 3.05) is 0 Å². The van der Waals surface area contributed by atoms with Crippen molar-refractivity contribution in [1.82, 2.24) is 0 Å². The van der Waals surface area contributed by atoms with Crippen molar-refractivity contribution in [2.24, 2.45) is 0 Å². The summed E-state index contributed by atoms with van der Waals surface area (Å²) in [6.45, 7) is 1.88. The number of aryl methyl sites for hydroxylation is 1. The molecule has 0 unspecified atom stereocenters. The van der Waals surface area contributed by atoms with E-state index in [1.54, 1.807) is 12.1 Å². The highest BCUT2D eigenvalue weighted by molar-refractivity contribution is 9.08. The van der Waals surface area contributed by atoms with Gasteiger partial charge in [0, 0.05) is 11.4 Å². The number of halogens is 2. The van der Waals surface area contributed by atoms with Crippen molar-refractivity contribution in [2.45, 2.75) is 12.3 Å². The summed E-state index contributed by atoms with van der Waals surface area (Å²) in [6.07, 6.45) is 0. The number of benzene rings is 2. The SMILES string of the molecule is Cc1cc(CBr)ccc1Oc1c(Cl)cccc1[N+](=O)[O-]. The molecule has 104 valence electrons. The minimum Gasteiger partial charge on any atom is -0.448 e. The van der Waals surface area contributed by atoms with Gasteiger partial charge in [-0.15, -0.1) is 0 Å². The average molecular weight is 357 g/mol. The van der Waals surface area contributed by atoms with Crippen LogP contribution in [0.1, 0.15) is 11.1 Å². The molecule has 4 nitrogen and oxygen atoms in total. The van der Waals surface area contributed by atoms with Gasteiger partial charge in [0.25, 0.3) is 0 Å². The van der Waals surface area contributed by atoms with E-state index in [1.165, 1.54) is 12.1 Å². The van der Waals surface area contributed by atoms with Crippen molar-refractivity contribution in [3.8, 4) is 11.5 Å². The maximum Gasteiger partial charge on any atom is 0.313 e. The van der Waals surface area contributed by atoms with Crippen molar-refractivity contribution in [3.05, 3.63) is 62.7 Å². The maximum atomic E-state index is 11.0. The monoisotopic (exact) mass is 355 g/mol. The summed E-state index contributed by atoms with van der Waals surface area (Å²) in [6, 6.07) is 10.1. The molecule has 0 fully saturated rings. The molecule has 0 aliphatic carbocycles. The molecule has 0 saturated carbocycles. The van der Waals surface area contributed by atoms with Gasteiger partial charge in [-0.1, -0.05) is 45.7 Å². The molecule has 0 radical (unpaired) electrons. The molecule has 2 aromatic rings. The first kappa shape index (κ1) is 14.8. The number of alkyl halides is 1. The van der Waals surface area contributed by atoms with Crippen LogP contribution in [0.15, 0.2) is 36.4 Å². The molecule has 0 atom stereocenters. The summed E-state index contributed by atoms with van der Waals surface area (Å²) in [5, 5.41) is 12.0. The molecule has 0 heterocycles. The Kier molecular flexibility index (Phi) is 4.62. The second kappa shape index (κ2) is 6.24. The summed E-state index contributed by atoms with van der Waals surface area (Å²) < 4.78 is 5.64. The minimum absolute atomic E-state index is 0.0638. The molecule has 2 rings (SSSR count). The van der Waals surface area contributed by atoms with Gasteiger partial charge in [0.05, 0.1) is 9.95 Å². The first-order chi connectivity index (χ1) is 9.52. The van der Waals surface area contributed by atoms with Gasteiger partial charge in [-0.3, -0.25) is 10.1 Å². The molecule has 0 N–H and O–H groups in total. The van der Waals surface area contributed by atoms with Crippen LogP contribution in [-0.2, 0) is 5.33 Å². The van der Waals surface area contributed by atoms with Crippen LogP contribution in [0.25, 0.3) is 0 Å². The van der Waals surface area contributed by atoms with E-state index in [0.717, 1.165) is 16.5 Å². The van der Waals surface area contributed by atoms with E-state index in [-0.39, 0.29) is 16.5 Å². The van der Waals surface area contributed by atoms with E-state index in [1.807, 2.05) is 19.1 Å². The lowest BCUT2D eigenvalue weighted by atomic mass is 10.1. The summed E-state index contributed by atoms with van der Waals surface area (Å²) in [7, 11) is 0. The number of hydrogen-bond acceptors (Lipinski definition) is 3. The van der Waals surface area contributed by atoms with E-state index in [2.05, 4.69) is 15.9 Å². The van der Waals surface area contributed by atoms with Crippen LogP contribution < -0.4 is 4.74 Å². The predicted octanol–water partition coefficient (Wildman–Crippen LogP) is 5.24. The van der Waals surface area contributed by atoms with Gasteiger partial charge in [0.2, 0.25) is 5.75 Å². The lowest BCUT2D eigenvalue weighted by Crippen LogP contribution is -1.95. The third-order valence-corrected chi connectivity index (χ3v) is 3.69. The third kappa shape index (κ3) is 3.11. The Hall–Kier alpha value is -1.59. The zero-order chi connectivity index (χ0) is 14.7. The normalized spacial score (nSPS) is 10.3. The first-order valence-corrected chi connectivity index (χ1v) is 7.29. The van der Waals surface area contributed by atoms with Crippen LogP contribution in [0.4, 0.5) is 5.69 Å². The van der Waals surface area contributed by atoms with Gasteiger partial charge in [0.15, 0.2) is 0 Å². The van der Waals surface area contributed by atoms with Gasteiger partial charge in [-0.25, -0.2) is 0 Å². The average Bonchev–Trinajstić information content (AvgIpc) is 2.42. The topological polar surface area (TPSA) is 52.4 Å². The van der Waals surface area contributed by atoms with Crippen LogP contribution in [0.5, 0.6) is 11.5 Å². The van der Waals surface area contributed by atoms with Crippen molar-refractivity contribution in [3.63, 3.8) is 0 Å². The van der Waals surface area contributed by atoms with Gasteiger partial charge >= 0.3 is 5.69 Å². The Morgan fingerprint density at radius 3 is 2.70 bits per heavy atom. The molecule has 0 aliphatic heterocycles. The van der Waals surface area contributed by atoms with Crippen molar-refractivity contribution < 1.29 is 9.66 Å². The molecular formula is C14H11BrClNO3. The number of hydrogen-bond donors (Lipinski definition) is 0. The molecule has 0 aliphatic rings. The number of rotatable bonds is 4. The molecule has 20 heavy (non-hydrogen) atoms. The largest absolute Gasteiger partial charge is 0.448 e. The van der Waals surface area contributed by atoms with Crippen LogP contribution in [0.3, 0.4) is 0 Å². The van der Waals surface area contributed by atoms with Gasteiger partial charge in [-0.05, 0) is 30.2 Å². The Balaban J connectivity index is 2.42. The van der Waals surface area contributed by atoms with Crippen LogP contribution in [-0.4, -0.2) is 4.92 Å². The highest BCUT2D eigenvalue weighted by Gasteiger charge is 2.19. The number of ether oxygens (including phenoxy) is 1. The Labute approximate surface area is 129 Å². The summed E-state index contributed by atoms with van der Waals surface area (Å²) in [5.74, 6) is 0.611. The van der Waals surface area contributed by atoms with Gasteiger partial charge < -0.3 is 4.74 Å². The number of para-hydroxylation sites is 1. The Bertz CT molecular complexity index is 661. The summed E-state index contributed by atoms with van der Waals surface area (Å²) in [4.78, 5) is 10.5. The quantitative estimate of drug-likeness (QED) is 0.427. The van der Waals surface area contributed by atoms with E-state index in [4.69, 9.17) is 16.3 Å². The minimum atomic E-state index is -0.511. The molecular weight excluding hydrogens is 346 g/mol. The lowest BCUT2D eigenvalue weighted by Gasteiger charge is -2.11. The van der Waals surface area contributed by atoms with E-state index >= 15 is 0 Å². The van der Waals surface area contributed by atoms with Crippen LogP contribution in [0, 0.1) is 17.0 Å². The Morgan fingerprint density at radius 2 is 2.10 bits per heavy atom. The zero-order valence-electron chi connectivity index (χ0n) is 10.6. The maximum absolute atomic E-state index is 11.0. The molecule has 0 amide bonds. The van der Waals surface area contributed by atoms with Crippen LogP contribution in [0.2, 0.25) is 5.02 Å². The molecule has 0 saturated heterocycles. The number of nitrogens with zero attached hydrogens (tertiary/aromatic N) is 1. The first-order valence-electron chi connectivity index (χ1n) is 5.79. The van der Waals surface area contributed by atoms with Crippen molar-refractivity contribution >= 4 is 33.2 Å². The highest BCUT2D eigenvalue weighted by atomic mass is 79.9. The van der Waals surface area contributed by atoms with E-state index < -0.39 is 4.92 Å². The standard InChI is InChI=1S/C14H11BrClNO3/c1-9-7-10(8-15)5-6-13(9)20-14-11(16)3-2-4-12(14)17(18)19/h2-7H,8H2,1H3. The summed E-state index contributed by atoms with van der Waals surface area (Å²) >= 11 is 9.37. The second-order valence-electron chi connectivity index (χ2n) is 4.18. The fourth-order valence-corrected chi connectivity index (χ4v) is 2.32. The predicted molar refractivity (Wildman–Crippen MR) is 82.0 cm³/mol. The molecule has 6 heteroatoms. The molecule has 0 bridgehead atoms. The zero-order valence-corrected chi connectivity index (χ0v) is 12.9. The lowest BCUT2D eigenvalue weighted by molar-refractivity contribution is -0.385. The number of nitro groups is 1. The molecule has 0 spiro atoms. The summed E-state index contributed by atoms with van der Waals surface area (Å²) in [5.41, 5.74) is 1.83. The van der Waals surface area contributed by atoms with Crippen LogP contribution >= 0.6 is 27.5 Å². The Morgan fingerprint density at radius 1 is 1.35 bits per heavy atom. The second-order valence-corrected chi connectivity index (χ2v) is 5.15. The van der Waals surface area contributed by atoms with Crippen molar-refractivity contribution in [1.29, 1.82) is 0 Å².